The molecule has 0 aliphatic carbocycles. The number of aromatic nitrogens is 2. The highest BCUT2D eigenvalue weighted by Gasteiger charge is 2.35. The molecule has 0 radical (unpaired) electrons. The molecule has 2 aromatic heterocycles. The minimum Gasteiger partial charge on any atom is -0.376 e. The number of thioether (sulfide) groups is 1. The molecule has 0 bridgehead atoms. The summed E-state index contributed by atoms with van der Waals surface area (Å²) in [4.78, 5) is 36.2. The first-order valence-electron chi connectivity index (χ1n) is 13.2. The number of ether oxygens (including phenoxy) is 1. The van der Waals surface area contributed by atoms with E-state index in [1.54, 1.807) is 21.6 Å². The molecule has 1 aromatic carbocycles. The van der Waals surface area contributed by atoms with Crippen LogP contribution in [0, 0.1) is 5.92 Å². The smallest absolute Gasteiger partial charge is 0.267 e. The Hall–Kier alpha value is -3.01. The van der Waals surface area contributed by atoms with Crippen molar-refractivity contribution >= 4 is 51.7 Å². The number of benzene rings is 1. The maximum atomic E-state index is 13.7. The van der Waals surface area contributed by atoms with Crippen LogP contribution < -0.4 is 10.5 Å². The number of carbonyl (C=O) groups excluding carboxylic acids is 1. The highest BCUT2D eigenvalue weighted by molar-refractivity contribution is 8.26. The molecule has 3 aliphatic rings. The van der Waals surface area contributed by atoms with Crippen LogP contribution in [0.2, 0.25) is 0 Å². The summed E-state index contributed by atoms with van der Waals surface area (Å²) in [5, 5.41) is 0. The summed E-state index contributed by atoms with van der Waals surface area (Å²) >= 11 is 6.79. The van der Waals surface area contributed by atoms with Gasteiger partial charge in [-0.2, -0.15) is 0 Å². The second-order valence-corrected chi connectivity index (χ2v) is 11.8. The molecule has 7 nitrogen and oxygen atoms in total. The van der Waals surface area contributed by atoms with E-state index in [1.807, 2.05) is 24.3 Å². The second-order valence-electron chi connectivity index (χ2n) is 10.1. The molecule has 1 unspecified atom stereocenters. The molecule has 6 rings (SSSR count). The number of fused-ring (bicyclic) bond motifs is 1. The molecule has 0 N–H and O–H groups in total. The lowest BCUT2D eigenvalue weighted by molar-refractivity contribution is -0.123. The number of carbonyl (C=O) groups is 1. The molecule has 5 heterocycles. The van der Waals surface area contributed by atoms with E-state index in [2.05, 4.69) is 29.2 Å². The normalized spacial score (nSPS) is 21.8. The second kappa shape index (κ2) is 11.0. The fraction of sp³-hybridized carbons (Fsp3) is 0.379. The first-order valence-corrected chi connectivity index (χ1v) is 14.5. The Morgan fingerprint density at radius 2 is 1.84 bits per heavy atom. The number of amides is 1. The predicted molar refractivity (Wildman–Crippen MR) is 155 cm³/mol. The highest BCUT2D eigenvalue weighted by Crippen LogP contribution is 2.35. The quantitative estimate of drug-likeness (QED) is 0.332. The minimum absolute atomic E-state index is 0.0116. The third-order valence-electron chi connectivity index (χ3n) is 7.59. The zero-order valence-electron chi connectivity index (χ0n) is 21.1. The van der Waals surface area contributed by atoms with Crippen molar-refractivity contribution in [3.05, 3.63) is 81.1 Å². The van der Waals surface area contributed by atoms with Gasteiger partial charge in [-0.15, -0.1) is 0 Å². The molecule has 3 saturated heterocycles. The standard InChI is InChI=1S/C29H30N4O3S2/c34-27-23(18-24-28(35)33(29(37)38-24)19-22-9-6-16-36-22)26(30-25-10-4-5-13-32(25)27)31-14-11-21(12-15-31)17-20-7-2-1-3-8-20/h1-5,7-8,10,13,18,21-22H,6,9,11-12,14-17,19H2. The Bertz CT molecular complexity index is 1440. The van der Waals surface area contributed by atoms with Crippen LogP contribution >= 0.6 is 24.0 Å². The fourth-order valence-electron chi connectivity index (χ4n) is 5.54. The van der Waals surface area contributed by atoms with Gasteiger partial charge in [-0.25, -0.2) is 4.98 Å². The van der Waals surface area contributed by atoms with Crippen LogP contribution in [0.1, 0.15) is 36.8 Å². The molecule has 1 atom stereocenters. The number of anilines is 1. The number of piperidine rings is 1. The Labute approximate surface area is 231 Å². The molecule has 9 heteroatoms. The van der Waals surface area contributed by atoms with Crippen LogP contribution in [0.3, 0.4) is 0 Å². The topological polar surface area (TPSA) is 67.2 Å². The van der Waals surface area contributed by atoms with Crippen LogP contribution in [0.25, 0.3) is 11.7 Å². The molecule has 3 aromatic rings. The van der Waals surface area contributed by atoms with Gasteiger partial charge in [0, 0.05) is 25.9 Å². The summed E-state index contributed by atoms with van der Waals surface area (Å²) in [5.74, 6) is 1.07. The first-order chi connectivity index (χ1) is 18.6. The molecule has 196 valence electrons. The van der Waals surface area contributed by atoms with E-state index < -0.39 is 0 Å². The van der Waals surface area contributed by atoms with Crippen molar-refractivity contribution in [2.24, 2.45) is 5.92 Å². The van der Waals surface area contributed by atoms with Crippen molar-refractivity contribution in [1.29, 1.82) is 0 Å². The lowest BCUT2D eigenvalue weighted by Crippen LogP contribution is -2.37. The molecule has 3 fully saturated rings. The van der Waals surface area contributed by atoms with E-state index in [1.165, 1.54) is 17.3 Å². The number of nitrogens with zero attached hydrogens (tertiary/aromatic N) is 4. The van der Waals surface area contributed by atoms with Gasteiger partial charge < -0.3 is 9.64 Å². The van der Waals surface area contributed by atoms with Crippen molar-refractivity contribution < 1.29 is 9.53 Å². The first kappa shape index (κ1) is 25.3. The van der Waals surface area contributed by atoms with Gasteiger partial charge in [0.1, 0.15) is 15.8 Å². The molecule has 3 aliphatic heterocycles. The summed E-state index contributed by atoms with van der Waals surface area (Å²) in [6.07, 6.45) is 8.47. The zero-order chi connectivity index (χ0) is 26.1. The van der Waals surface area contributed by atoms with Gasteiger partial charge in [0.2, 0.25) is 0 Å². The van der Waals surface area contributed by atoms with Crippen molar-refractivity contribution in [2.45, 2.75) is 38.2 Å². The van der Waals surface area contributed by atoms with Crippen LogP contribution in [-0.4, -0.2) is 56.9 Å². The SMILES string of the molecule is O=C1C(=Cc2c(N3CCC(Cc4ccccc4)CC3)nc3ccccn3c2=O)SC(=S)N1CC1CCCO1. The van der Waals surface area contributed by atoms with Gasteiger partial charge >= 0.3 is 0 Å². The van der Waals surface area contributed by atoms with Gasteiger partial charge in [0.05, 0.1) is 23.1 Å². The number of hydrogen-bond donors (Lipinski definition) is 0. The Morgan fingerprint density at radius 3 is 2.61 bits per heavy atom. The molecular weight excluding hydrogens is 516 g/mol. The Morgan fingerprint density at radius 1 is 1.05 bits per heavy atom. The number of rotatable bonds is 6. The fourth-order valence-corrected chi connectivity index (χ4v) is 6.79. The zero-order valence-corrected chi connectivity index (χ0v) is 22.8. The number of hydrogen-bond acceptors (Lipinski definition) is 7. The Kier molecular flexibility index (Phi) is 7.32. The molecule has 0 saturated carbocycles. The largest absolute Gasteiger partial charge is 0.376 e. The van der Waals surface area contributed by atoms with Gasteiger partial charge in [-0.3, -0.25) is 18.9 Å². The average molecular weight is 547 g/mol. The van der Waals surface area contributed by atoms with E-state index >= 15 is 0 Å². The van der Waals surface area contributed by atoms with E-state index in [-0.39, 0.29) is 17.6 Å². The maximum absolute atomic E-state index is 13.7. The summed E-state index contributed by atoms with van der Waals surface area (Å²) in [5.41, 5.74) is 2.22. The predicted octanol–water partition coefficient (Wildman–Crippen LogP) is 4.53. The Balaban J connectivity index is 1.29. The summed E-state index contributed by atoms with van der Waals surface area (Å²) < 4.78 is 7.78. The van der Waals surface area contributed by atoms with E-state index in [0.29, 0.717) is 38.7 Å². The van der Waals surface area contributed by atoms with E-state index in [0.717, 1.165) is 51.8 Å². The summed E-state index contributed by atoms with van der Waals surface area (Å²) in [6, 6.07) is 16.1. The molecule has 1 amide bonds. The molecular formula is C29H30N4O3S2. The van der Waals surface area contributed by atoms with Crippen LogP contribution in [0.5, 0.6) is 0 Å². The minimum atomic E-state index is -0.179. The van der Waals surface area contributed by atoms with Gasteiger partial charge in [0.15, 0.2) is 0 Å². The third kappa shape index (κ3) is 5.15. The van der Waals surface area contributed by atoms with Crippen LogP contribution in [-0.2, 0) is 16.0 Å². The molecule has 0 spiro atoms. The van der Waals surface area contributed by atoms with Crippen molar-refractivity contribution in [3.63, 3.8) is 0 Å². The maximum Gasteiger partial charge on any atom is 0.267 e. The third-order valence-corrected chi connectivity index (χ3v) is 8.97. The highest BCUT2D eigenvalue weighted by atomic mass is 32.2. The summed E-state index contributed by atoms with van der Waals surface area (Å²) in [6.45, 7) is 2.81. The number of pyridine rings is 1. The van der Waals surface area contributed by atoms with E-state index in [4.69, 9.17) is 21.9 Å². The van der Waals surface area contributed by atoms with Gasteiger partial charge in [-0.1, -0.05) is 60.4 Å². The summed E-state index contributed by atoms with van der Waals surface area (Å²) in [7, 11) is 0. The lowest BCUT2D eigenvalue weighted by Gasteiger charge is -2.33. The van der Waals surface area contributed by atoms with Crippen molar-refractivity contribution in [3.8, 4) is 0 Å². The number of thiocarbonyl (C=S) groups is 1. The van der Waals surface area contributed by atoms with Gasteiger partial charge in [-0.05, 0) is 61.8 Å². The van der Waals surface area contributed by atoms with Crippen LogP contribution in [0.4, 0.5) is 5.82 Å². The van der Waals surface area contributed by atoms with Crippen LogP contribution in [0.15, 0.2) is 64.4 Å². The van der Waals surface area contributed by atoms with E-state index in [9.17, 15) is 9.59 Å². The molecule has 38 heavy (non-hydrogen) atoms. The lowest BCUT2D eigenvalue weighted by atomic mass is 9.90. The van der Waals surface area contributed by atoms with Gasteiger partial charge in [0.25, 0.3) is 11.5 Å². The average Bonchev–Trinajstić information content (AvgIpc) is 3.55. The monoisotopic (exact) mass is 546 g/mol. The van der Waals surface area contributed by atoms with Crippen molar-refractivity contribution in [1.82, 2.24) is 14.3 Å². The van der Waals surface area contributed by atoms with Crippen molar-refractivity contribution in [2.75, 3.05) is 31.1 Å².